The van der Waals surface area contributed by atoms with E-state index < -0.39 is 10.0 Å². The quantitative estimate of drug-likeness (QED) is 0.637. The molecule has 1 amide bonds. The smallest absolute Gasteiger partial charge is 0.232 e. The minimum atomic E-state index is -3.51. The van der Waals surface area contributed by atoms with Gasteiger partial charge in [0.15, 0.2) is 0 Å². The van der Waals surface area contributed by atoms with Gasteiger partial charge in [-0.1, -0.05) is 25.5 Å². The van der Waals surface area contributed by atoms with Crippen LogP contribution >= 0.6 is 0 Å². The van der Waals surface area contributed by atoms with Gasteiger partial charge in [0.1, 0.15) is 0 Å². The molecule has 0 saturated carbocycles. The molecule has 2 rings (SSSR count). The first-order chi connectivity index (χ1) is 12.8. The van der Waals surface area contributed by atoms with Crippen molar-refractivity contribution >= 4 is 27.3 Å². The maximum absolute atomic E-state index is 12.5. The van der Waals surface area contributed by atoms with Crippen molar-refractivity contribution in [1.82, 2.24) is 4.90 Å². The fourth-order valence-electron chi connectivity index (χ4n) is 3.12. The van der Waals surface area contributed by atoms with E-state index in [-0.39, 0.29) is 18.9 Å². The number of ether oxygens (including phenoxy) is 1. The second-order valence-corrected chi connectivity index (χ2v) is 8.75. The first-order valence-corrected chi connectivity index (χ1v) is 11.3. The number of hydrogen-bond acceptors (Lipinski definition) is 5. The zero-order valence-corrected chi connectivity index (χ0v) is 17.4. The van der Waals surface area contributed by atoms with Crippen LogP contribution in [0, 0.1) is 0 Å². The summed E-state index contributed by atoms with van der Waals surface area (Å²) < 4.78 is 31.7. The number of morpholine rings is 1. The van der Waals surface area contributed by atoms with Gasteiger partial charge < -0.3 is 14.5 Å². The van der Waals surface area contributed by atoms with E-state index in [1.165, 1.54) is 10.6 Å². The standard InChI is InChI=1S/C19H31N3O4S/c1-4-5-11-20(2)19(23)10-12-22(27(3,24)25)18-9-7-6-8-17(18)21-13-15-26-16-14-21/h6-9H,4-5,10-16H2,1-3H3. The summed E-state index contributed by atoms with van der Waals surface area (Å²) in [5.41, 5.74) is 1.48. The zero-order chi connectivity index (χ0) is 19.9. The molecule has 1 aromatic carbocycles. The van der Waals surface area contributed by atoms with Crippen LogP contribution in [0.3, 0.4) is 0 Å². The molecular formula is C19H31N3O4S. The highest BCUT2D eigenvalue weighted by atomic mass is 32.2. The molecule has 1 aromatic rings. The average molecular weight is 398 g/mol. The van der Waals surface area contributed by atoms with Crippen LogP contribution in [0.25, 0.3) is 0 Å². The topological polar surface area (TPSA) is 70.2 Å². The van der Waals surface area contributed by atoms with Crippen molar-refractivity contribution in [1.29, 1.82) is 0 Å². The van der Waals surface area contributed by atoms with Gasteiger partial charge >= 0.3 is 0 Å². The molecule has 1 heterocycles. The number of sulfonamides is 1. The summed E-state index contributed by atoms with van der Waals surface area (Å²) >= 11 is 0. The average Bonchev–Trinajstić information content (AvgIpc) is 2.66. The van der Waals surface area contributed by atoms with Crippen molar-refractivity contribution < 1.29 is 17.9 Å². The summed E-state index contributed by atoms with van der Waals surface area (Å²) in [5, 5.41) is 0. The minimum Gasteiger partial charge on any atom is -0.378 e. The van der Waals surface area contributed by atoms with Crippen LogP contribution in [0.5, 0.6) is 0 Å². The first kappa shape index (κ1) is 21.5. The van der Waals surface area contributed by atoms with Crippen LogP contribution in [-0.4, -0.2) is 71.9 Å². The molecule has 1 aliphatic rings. The molecule has 0 spiro atoms. The van der Waals surface area contributed by atoms with Gasteiger partial charge in [-0.05, 0) is 18.6 Å². The lowest BCUT2D eigenvalue weighted by Crippen LogP contribution is -2.39. The molecule has 152 valence electrons. The molecule has 0 unspecified atom stereocenters. The first-order valence-electron chi connectivity index (χ1n) is 9.48. The summed E-state index contributed by atoms with van der Waals surface area (Å²) in [7, 11) is -1.74. The predicted octanol–water partition coefficient (Wildman–Crippen LogP) is 1.94. The van der Waals surface area contributed by atoms with Gasteiger partial charge in [-0.2, -0.15) is 0 Å². The largest absolute Gasteiger partial charge is 0.378 e. The van der Waals surface area contributed by atoms with Crippen molar-refractivity contribution in [3.63, 3.8) is 0 Å². The van der Waals surface area contributed by atoms with E-state index in [2.05, 4.69) is 11.8 Å². The molecule has 0 N–H and O–H groups in total. The number of amides is 1. The van der Waals surface area contributed by atoms with Crippen molar-refractivity contribution in [2.75, 3.05) is 61.9 Å². The van der Waals surface area contributed by atoms with Gasteiger partial charge in [0.05, 0.1) is 30.8 Å². The molecule has 1 fully saturated rings. The molecule has 0 bridgehead atoms. The number of anilines is 2. The van der Waals surface area contributed by atoms with Gasteiger partial charge in [-0.25, -0.2) is 8.42 Å². The molecule has 0 aromatic heterocycles. The van der Waals surface area contributed by atoms with Gasteiger partial charge in [0.25, 0.3) is 0 Å². The van der Waals surface area contributed by atoms with E-state index in [9.17, 15) is 13.2 Å². The maximum Gasteiger partial charge on any atom is 0.232 e. The van der Waals surface area contributed by atoms with E-state index in [0.717, 1.165) is 18.5 Å². The van der Waals surface area contributed by atoms with Crippen LogP contribution in [0.15, 0.2) is 24.3 Å². The molecule has 7 nitrogen and oxygen atoms in total. The summed E-state index contributed by atoms with van der Waals surface area (Å²) in [4.78, 5) is 16.2. The van der Waals surface area contributed by atoms with Crippen LogP contribution in [0.2, 0.25) is 0 Å². The lowest BCUT2D eigenvalue weighted by molar-refractivity contribution is -0.129. The molecule has 27 heavy (non-hydrogen) atoms. The second-order valence-electron chi connectivity index (χ2n) is 6.84. The fraction of sp³-hybridized carbons (Fsp3) is 0.632. The Hall–Kier alpha value is -1.80. The number of carbonyl (C=O) groups is 1. The second kappa shape index (κ2) is 9.94. The third kappa shape index (κ3) is 6.10. The van der Waals surface area contributed by atoms with Gasteiger partial charge in [0, 0.05) is 39.6 Å². The summed E-state index contributed by atoms with van der Waals surface area (Å²) in [5.74, 6) is -0.0408. The molecule has 0 atom stereocenters. The van der Waals surface area contributed by atoms with Crippen molar-refractivity contribution in [2.45, 2.75) is 26.2 Å². The molecule has 1 aliphatic heterocycles. The van der Waals surface area contributed by atoms with Gasteiger partial charge in [-0.3, -0.25) is 9.10 Å². The van der Waals surface area contributed by atoms with Crippen LogP contribution < -0.4 is 9.21 Å². The third-order valence-electron chi connectivity index (χ3n) is 4.70. The van der Waals surface area contributed by atoms with Crippen LogP contribution in [-0.2, 0) is 19.6 Å². The Labute approximate surface area is 162 Å². The SMILES string of the molecule is CCCCN(C)C(=O)CCN(c1ccccc1N1CCOCC1)S(C)(=O)=O. The van der Waals surface area contributed by atoms with E-state index in [4.69, 9.17) is 4.74 Å². The molecule has 0 radical (unpaired) electrons. The fourth-order valence-corrected chi connectivity index (χ4v) is 4.05. The van der Waals surface area contributed by atoms with Crippen molar-refractivity contribution in [3.8, 4) is 0 Å². The Morgan fingerprint density at radius 2 is 1.85 bits per heavy atom. The van der Waals surface area contributed by atoms with E-state index in [1.54, 1.807) is 18.0 Å². The normalized spacial score (nSPS) is 14.9. The summed E-state index contributed by atoms with van der Waals surface area (Å²) in [6.07, 6.45) is 3.30. The highest BCUT2D eigenvalue weighted by Gasteiger charge is 2.24. The zero-order valence-electron chi connectivity index (χ0n) is 16.6. The van der Waals surface area contributed by atoms with Crippen LogP contribution in [0.1, 0.15) is 26.2 Å². The van der Waals surface area contributed by atoms with E-state index in [1.807, 2.05) is 18.2 Å². The molecule has 8 heteroatoms. The molecule has 0 aliphatic carbocycles. The minimum absolute atomic E-state index is 0.0408. The Bertz CT molecular complexity index is 717. The lowest BCUT2D eigenvalue weighted by atomic mass is 10.2. The Morgan fingerprint density at radius 1 is 1.19 bits per heavy atom. The number of carbonyl (C=O) groups excluding carboxylic acids is 1. The Balaban J connectivity index is 2.19. The Kier molecular flexibility index (Phi) is 7.91. The number of unbranched alkanes of at least 4 members (excludes halogenated alkanes) is 1. The van der Waals surface area contributed by atoms with E-state index in [0.29, 0.717) is 38.5 Å². The lowest BCUT2D eigenvalue weighted by Gasteiger charge is -2.33. The Morgan fingerprint density at radius 3 is 2.48 bits per heavy atom. The van der Waals surface area contributed by atoms with Crippen molar-refractivity contribution in [3.05, 3.63) is 24.3 Å². The number of nitrogens with zero attached hydrogens (tertiary/aromatic N) is 3. The maximum atomic E-state index is 12.5. The third-order valence-corrected chi connectivity index (χ3v) is 5.88. The number of benzene rings is 1. The molecular weight excluding hydrogens is 366 g/mol. The van der Waals surface area contributed by atoms with Gasteiger partial charge in [0.2, 0.25) is 15.9 Å². The molecule has 1 saturated heterocycles. The predicted molar refractivity (Wildman–Crippen MR) is 109 cm³/mol. The van der Waals surface area contributed by atoms with Crippen LogP contribution in [0.4, 0.5) is 11.4 Å². The number of hydrogen-bond donors (Lipinski definition) is 0. The summed E-state index contributed by atoms with van der Waals surface area (Å²) in [6.45, 7) is 5.57. The highest BCUT2D eigenvalue weighted by Crippen LogP contribution is 2.31. The van der Waals surface area contributed by atoms with Gasteiger partial charge in [-0.15, -0.1) is 0 Å². The number of rotatable bonds is 9. The highest BCUT2D eigenvalue weighted by molar-refractivity contribution is 7.92. The van der Waals surface area contributed by atoms with E-state index >= 15 is 0 Å². The monoisotopic (exact) mass is 397 g/mol. The summed E-state index contributed by atoms with van der Waals surface area (Å²) in [6, 6.07) is 7.45. The number of para-hydroxylation sites is 2. The van der Waals surface area contributed by atoms with Crippen molar-refractivity contribution in [2.24, 2.45) is 0 Å².